The summed E-state index contributed by atoms with van der Waals surface area (Å²) >= 11 is 3.49. The fourth-order valence-corrected chi connectivity index (χ4v) is 3.46. The molecule has 2 atom stereocenters. The van der Waals surface area contributed by atoms with Crippen molar-refractivity contribution in [2.75, 3.05) is 0 Å². The average Bonchev–Trinajstić information content (AvgIpc) is 2.29. The Labute approximate surface area is 115 Å². The highest BCUT2D eigenvalue weighted by atomic mass is 79.9. The van der Waals surface area contributed by atoms with Crippen LogP contribution in [-0.4, -0.2) is 21.8 Å². The summed E-state index contributed by atoms with van der Waals surface area (Å²) in [6, 6.07) is 7.75. The van der Waals surface area contributed by atoms with Gasteiger partial charge in [-0.05, 0) is 24.5 Å². The highest BCUT2D eigenvalue weighted by Gasteiger charge is 2.42. The maximum atomic E-state index is 11.0. The summed E-state index contributed by atoms with van der Waals surface area (Å²) in [5.41, 5.74) is -0.102. The van der Waals surface area contributed by atoms with Gasteiger partial charge in [-0.15, -0.1) is 0 Å². The number of aliphatic hydroxyl groups is 1. The smallest absolute Gasteiger partial charge is 0.306 e. The molecule has 1 fully saturated rings. The van der Waals surface area contributed by atoms with Crippen LogP contribution in [0.3, 0.4) is 0 Å². The number of halogens is 1. The molecular weight excluding hydrogens is 296 g/mol. The third kappa shape index (κ3) is 2.75. The zero-order chi connectivity index (χ0) is 13.2. The molecule has 0 saturated heterocycles. The number of hydrogen-bond acceptors (Lipinski definition) is 2. The highest BCUT2D eigenvalue weighted by Crippen LogP contribution is 2.44. The molecule has 2 N–H and O–H groups in total. The number of hydrogen-bond donors (Lipinski definition) is 2. The molecule has 2 unspecified atom stereocenters. The molecular formula is C14H17BrO3. The largest absolute Gasteiger partial charge is 0.481 e. The van der Waals surface area contributed by atoms with Gasteiger partial charge in [0.25, 0.3) is 0 Å². The number of benzene rings is 1. The molecule has 1 aliphatic carbocycles. The lowest BCUT2D eigenvalue weighted by Crippen LogP contribution is -2.41. The van der Waals surface area contributed by atoms with Crippen molar-refractivity contribution >= 4 is 21.9 Å². The Morgan fingerprint density at radius 1 is 1.39 bits per heavy atom. The van der Waals surface area contributed by atoms with E-state index in [9.17, 15) is 9.90 Å². The van der Waals surface area contributed by atoms with Crippen LogP contribution in [0.1, 0.15) is 43.6 Å². The Kier molecular flexibility index (Phi) is 4.07. The van der Waals surface area contributed by atoms with Gasteiger partial charge in [-0.25, -0.2) is 0 Å². The maximum absolute atomic E-state index is 11.0. The Morgan fingerprint density at radius 3 is 2.78 bits per heavy atom. The minimum absolute atomic E-state index is 0.0991. The fourth-order valence-electron chi connectivity index (χ4n) is 2.90. The van der Waals surface area contributed by atoms with E-state index in [0.29, 0.717) is 6.42 Å². The van der Waals surface area contributed by atoms with Crippen LogP contribution in [0.25, 0.3) is 0 Å². The molecule has 1 saturated carbocycles. The van der Waals surface area contributed by atoms with E-state index in [2.05, 4.69) is 15.9 Å². The van der Waals surface area contributed by atoms with Crippen LogP contribution in [0, 0.1) is 0 Å². The minimum atomic E-state index is -1.12. The van der Waals surface area contributed by atoms with Gasteiger partial charge in [0.15, 0.2) is 0 Å². The molecule has 98 valence electrons. The SMILES string of the molecule is O=C(O)CC1(O)CCCCC1c1ccccc1Br. The molecule has 0 aromatic heterocycles. The van der Waals surface area contributed by atoms with Crippen molar-refractivity contribution in [2.24, 2.45) is 0 Å². The van der Waals surface area contributed by atoms with Gasteiger partial charge >= 0.3 is 5.97 Å². The van der Waals surface area contributed by atoms with E-state index in [0.717, 1.165) is 29.3 Å². The Morgan fingerprint density at radius 2 is 2.11 bits per heavy atom. The number of carboxylic acid groups (broad SMARTS) is 1. The molecule has 0 aliphatic heterocycles. The molecule has 0 amide bonds. The third-order valence-electron chi connectivity index (χ3n) is 3.74. The maximum Gasteiger partial charge on any atom is 0.306 e. The van der Waals surface area contributed by atoms with Gasteiger partial charge in [-0.3, -0.25) is 4.79 Å². The Hall–Kier alpha value is -0.870. The first-order chi connectivity index (χ1) is 8.53. The number of carbonyl (C=O) groups is 1. The summed E-state index contributed by atoms with van der Waals surface area (Å²) in [6.45, 7) is 0. The number of aliphatic carboxylic acids is 1. The average molecular weight is 313 g/mol. The zero-order valence-corrected chi connectivity index (χ0v) is 11.7. The van der Waals surface area contributed by atoms with Crippen LogP contribution >= 0.6 is 15.9 Å². The van der Waals surface area contributed by atoms with Crippen LogP contribution in [-0.2, 0) is 4.79 Å². The van der Waals surface area contributed by atoms with Gasteiger partial charge in [-0.2, -0.15) is 0 Å². The lowest BCUT2D eigenvalue weighted by Gasteiger charge is -2.39. The van der Waals surface area contributed by atoms with Crippen molar-refractivity contribution in [3.8, 4) is 0 Å². The molecule has 0 heterocycles. The van der Waals surface area contributed by atoms with Crippen molar-refractivity contribution in [1.82, 2.24) is 0 Å². The van der Waals surface area contributed by atoms with E-state index in [1.807, 2.05) is 24.3 Å². The summed E-state index contributed by atoms with van der Waals surface area (Å²) in [7, 11) is 0. The molecule has 0 radical (unpaired) electrons. The zero-order valence-electron chi connectivity index (χ0n) is 10.1. The van der Waals surface area contributed by atoms with E-state index in [1.54, 1.807) is 0 Å². The monoisotopic (exact) mass is 312 g/mol. The molecule has 1 aliphatic rings. The van der Waals surface area contributed by atoms with Gasteiger partial charge in [-0.1, -0.05) is 47.0 Å². The van der Waals surface area contributed by atoms with E-state index in [1.165, 1.54) is 0 Å². The van der Waals surface area contributed by atoms with Crippen LogP contribution in [0.15, 0.2) is 28.7 Å². The summed E-state index contributed by atoms with van der Waals surface area (Å²) in [4.78, 5) is 11.0. The molecule has 2 rings (SSSR count). The lowest BCUT2D eigenvalue weighted by atomic mass is 9.70. The summed E-state index contributed by atoms with van der Waals surface area (Å²) in [5.74, 6) is -1.03. The second-order valence-corrected chi connectivity index (χ2v) is 5.85. The predicted molar refractivity (Wildman–Crippen MR) is 72.6 cm³/mol. The predicted octanol–water partition coefficient (Wildman–Crippen LogP) is 3.31. The van der Waals surface area contributed by atoms with Gasteiger partial charge in [0.2, 0.25) is 0 Å². The van der Waals surface area contributed by atoms with Crippen molar-refractivity contribution in [1.29, 1.82) is 0 Å². The Bertz CT molecular complexity index is 446. The third-order valence-corrected chi connectivity index (χ3v) is 4.46. The highest BCUT2D eigenvalue weighted by molar-refractivity contribution is 9.10. The summed E-state index contributed by atoms with van der Waals surface area (Å²) in [5, 5.41) is 19.7. The number of carboxylic acids is 1. The van der Waals surface area contributed by atoms with E-state index in [-0.39, 0.29) is 12.3 Å². The van der Waals surface area contributed by atoms with Crippen LogP contribution in [0.2, 0.25) is 0 Å². The molecule has 4 heteroatoms. The molecule has 0 spiro atoms. The normalized spacial score (nSPS) is 28.0. The van der Waals surface area contributed by atoms with Crippen LogP contribution in [0.4, 0.5) is 0 Å². The standard InChI is InChI=1S/C14H17BrO3/c15-12-7-2-1-5-10(12)11-6-3-4-8-14(11,18)9-13(16)17/h1-2,5,7,11,18H,3-4,6,8-9H2,(H,16,17). The first kappa shape index (κ1) is 13.6. The van der Waals surface area contributed by atoms with E-state index >= 15 is 0 Å². The molecule has 3 nitrogen and oxygen atoms in total. The van der Waals surface area contributed by atoms with Gasteiger partial charge in [0, 0.05) is 10.4 Å². The lowest BCUT2D eigenvalue weighted by molar-refractivity contribution is -0.145. The Balaban J connectivity index is 2.34. The van der Waals surface area contributed by atoms with Gasteiger partial charge < -0.3 is 10.2 Å². The van der Waals surface area contributed by atoms with E-state index < -0.39 is 11.6 Å². The second kappa shape index (κ2) is 5.41. The van der Waals surface area contributed by atoms with Crippen molar-refractivity contribution in [2.45, 2.75) is 43.6 Å². The fraction of sp³-hybridized carbons (Fsp3) is 0.500. The molecule has 0 bridgehead atoms. The minimum Gasteiger partial charge on any atom is -0.481 e. The van der Waals surface area contributed by atoms with Crippen LogP contribution < -0.4 is 0 Å². The first-order valence-electron chi connectivity index (χ1n) is 6.21. The van der Waals surface area contributed by atoms with Crippen molar-refractivity contribution in [3.63, 3.8) is 0 Å². The van der Waals surface area contributed by atoms with Crippen molar-refractivity contribution in [3.05, 3.63) is 34.3 Å². The van der Waals surface area contributed by atoms with Crippen molar-refractivity contribution < 1.29 is 15.0 Å². The summed E-state index contributed by atoms with van der Waals surface area (Å²) in [6.07, 6.45) is 3.15. The topological polar surface area (TPSA) is 57.5 Å². The molecule has 1 aromatic rings. The first-order valence-corrected chi connectivity index (χ1v) is 7.01. The molecule has 18 heavy (non-hydrogen) atoms. The second-order valence-electron chi connectivity index (χ2n) is 4.99. The van der Waals surface area contributed by atoms with Crippen LogP contribution in [0.5, 0.6) is 0 Å². The van der Waals surface area contributed by atoms with Gasteiger partial charge in [0.1, 0.15) is 0 Å². The van der Waals surface area contributed by atoms with Gasteiger partial charge in [0.05, 0.1) is 12.0 Å². The quantitative estimate of drug-likeness (QED) is 0.900. The number of rotatable bonds is 3. The molecule has 1 aromatic carbocycles. The van der Waals surface area contributed by atoms with E-state index in [4.69, 9.17) is 5.11 Å². The summed E-state index contributed by atoms with van der Waals surface area (Å²) < 4.78 is 0.945.